The molecule has 2 aliphatic rings. The molecule has 3 heterocycles. The molecule has 8 nitrogen and oxygen atoms in total. The molecule has 1 aliphatic heterocycles. The van der Waals surface area contributed by atoms with E-state index < -0.39 is 0 Å². The topological polar surface area (TPSA) is 104 Å². The van der Waals surface area contributed by atoms with E-state index in [2.05, 4.69) is 24.8 Å². The molecule has 2 aromatic rings. The zero-order valence-corrected chi connectivity index (χ0v) is 13.0. The van der Waals surface area contributed by atoms with Crippen LogP contribution >= 0.6 is 0 Å². The van der Waals surface area contributed by atoms with Gasteiger partial charge < -0.3 is 20.5 Å². The van der Waals surface area contributed by atoms with Crippen LogP contribution in [0.3, 0.4) is 0 Å². The van der Waals surface area contributed by atoms with Gasteiger partial charge in [-0.25, -0.2) is 4.98 Å². The van der Waals surface area contributed by atoms with Gasteiger partial charge in [-0.1, -0.05) is 6.42 Å². The van der Waals surface area contributed by atoms with Crippen molar-refractivity contribution < 1.29 is 4.79 Å². The lowest BCUT2D eigenvalue weighted by Gasteiger charge is -2.31. The van der Waals surface area contributed by atoms with Crippen molar-refractivity contribution in [3.63, 3.8) is 0 Å². The van der Waals surface area contributed by atoms with E-state index in [0.29, 0.717) is 11.6 Å². The fraction of sp³-hybridized carbons (Fsp3) is 0.600. The number of nitrogens with two attached hydrogens (primary N) is 1. The maximum absolute atomic E-state index is 12.4. The van der Waals surface area contributed by atoms with Crippen molar-refractivity contribution in [2.24, 2.45) is 5.92 Å². The Morgan fingerprint density at radius 3 is 2.83 bits per heavy atom. The highest BCUT2D eigenvalue weighted by Crippen LogP contribution is 2.29. The van der Waals surface area contributed by atoms with Crippen LogP contribution in [-0.4, -0.2) is 56.9 Å². The van der Waals surface area contributed by atoms with Crippen LogP contribution in [0, 0.1) is 5.92 Å². The predicted octanol–water partition coefficient (Wildman–Crippen LogP) is 0.774. The van der Waals surface area contributed by atoms with Crippen LogP contribution in [0.4, 0.5) is 11.8 Å². The predicted molar refractivity (Wildman–Crippen MR) is 86.8 cm³/mol. The minimum absolute atomic E-state index is 0.228. The summed E-state index contributed by atoms with van der Waals surface area (Å²) in [6.45, 7) is 3.15. The highest BCUT2D eigenvalue weighted by atomic mass is 16.2. The van der Waals surface area contributed by atoms with E-state index in [0.717, 1.165) is 56.8 Å². The molecule has 1 saturated heterocycles. The van der Waals surface area contributed by atoms with Crippen molar-refractivity contribution in [3.05, 3.63) is 6.33 Å². The molecule has 1 amide bonds. The Morgan fingerprint density at radius 1 is 1.17 bits per heavy atom. The highest BCUT2D eigenvalue weighted by Gasteiger charge is 2.30. The van der Waals surface area contributed by atoms with Gasteiger partial charge in [-0.15, -0.1) is 0 Å². The van der Waals surface area contributed by atoms with Crippen LogP contribution in [0.15, 0.2) is 6.33 Å². The van der Waals surface area contributed by atoms with Gasteiger partial charge in [-0.3, -0.25) is 4.79 Å². The van der Waals surface area contributed by atoms with E-state index in [9.17, 15) is 4.79 Å². The number of H-pyrrole nitrogens is 1. The molecule has 2 fully saturated rings. The smallest absolute Gasteiger partial charge is 0.225 e. The maximum Gasteiger partial charge on any atom is 0.225 e. The fourth-order valence-corrected chi connectivity index (χ4v) is 3.33. The van der Waals surface area contributed by atoms with E-state index in [1.807, 2.05) is 4.90 Å². The number of carbonyl (C=O) groups excluding carboxylic acids is 1. The summed E-state index contributed by atoms with van der Waals surface area (Å²) in [7, 11) is 0. The molecule has 4 rings (SSSR count). The summed E-state index contributed by atoms with van der Waals surface area (Å²) in [6.07, 6.45) is 5.82. The van der Waals surface area contributed by atoms with E-state index >= 15 is 0 Å². The van der Waals surface area contributed by atoms with E-state index in [-0.39, 0.29) is 11.9 Å². The van der Waals surface area contributed by atoms with Crippen LogP contribution in [0.2, 0.25) is 0 Å². The summed E-state index contributed by atoms with van der Waals surface area (Å²) < 4.78 is 0. The minimum Gasteiger partial charge on any atom is -0.368 e. The molecule has 0 spiro atoms. The second kappa shape index (κ2) is 5.68. The van der Waals surface area contributed by atoms with E-state index in [1.54, 1.807) is 6.33 Å². The number of fused-ring (bicyclic) bond motifs is 1. The van der Waals surface area contributed by atoms with Gasteiger partial charge in [0.05, 0.1) is 6.33 Å². The number of aromatic amines is 1. The number of hydrogen-bond acceptors (Lipinski definition) is 6. The molecule has 1 saturated carbocycles. The SMILES string of the molecule is Nc1nc(N2CCCN(C(=O)C3CCC3)CC2)c2[nH]cnc2n1. The van der Waals surface area contributed by atoms with Crippen molar-refractivity contribution >= 4 is 28.8 Å². The van der Waals surface area contributed by atoms with Crippen molar-refractivity contribution in [2.45, 2.75) is 25.7 Å². The van der Waals surface area contributed by atoms with Gasteiger partial charge in [-0.2, -0.15) is 9.97 Å². The fourth-order valence-electron chi connectivity index (χ4n) is 3.33. The Kier molecular flexibility index (Phi) is 3.51. The standard InChI is InChI=1S/C15H21N7O/c16-15-19-12-11(17-9-18-12)13(20-15)21-5-2-6-22(8-7-21)14(23)10-3-1-4-10/h9-10H,1-8H2,(H3,16,17,18,19,20). The number of anilines is 2. The average Bonchev–Trinajstić information content (AvgIpc) is 2.80. The quantitative estimate of drug-likeness (QED) is 0.848. The summed E-state index contributed by atoms with van der Waals surface area (Å²) in [5, 5.41) is 0. The summed E-state index contributed by atoms with van der Waals surface area (Å²) in [5.41, 5.74) is 7.19. The van der Waals surface area contributed by atoms with E-state index in [4.69, 9.17) is 5.73 Å². The molecule has 0 aromatic carbocycles. The van der Waals surface area contributed by atoms with Crippen molar-refractivity contribution in [1.82, 2.24) is 24.8 Å². The number of aromatic nitrogens is 4. The van der Waals surface area contributed by atoms with Crippen LogP contribution in [-0.2, 0) is 4.79 Å². The molecule has 3 N–H and O–H groups in total. The molecular formula is C15H21N7O. The second-order valence-corrected chi connectivity index (χ2v) is 6.30. The largest absolute Gasteiger partial charge is 0.368 e. The van der Waals surface area contributed by atoms with Crippen LogP contribution in [0.25, 0.3) is 11.2 Å². The van der Waals surface area contributed by atoms with Gasteiger partial charge in [0.2, 0.25) is 11.9 Å². The number of nitrogens with zero attached hydrogens (tertiary/aromatic N) is 5. The van der Waals surface area contributed by atoms with Crippen molar-refractivity contribution in [3.8, 4) is 0 Å². The lowest BCUT2D eigenvalue weighted by molar-refractivity contribution is -0.137. The van der Waals surface area contributed by atoms with Crippen LogP contribution in [0.5, 0.6) is 0 Å². The lowest BCUT2D eigenvalue weighted by atomic mass is 9.84. The molecule has 8 heteroatoms. The zero-order chi connectivity index (χ0) is 15.8. The summed E-state index contributed by atoms with van der Waals surface area (Å²) in [5.74, 6) is 1.59. The molecule has 1 aliphatic carbocycles. The van der Waals surface area contributed by atoms with Gasteiger partial charge in [0, 0.05) is 32.1 Å². The highest BCUT2D eigenvalue weighted by molar-refractivity contribution is 5.84. The van der Waals surface area contributed by atoms with Gasteiger partial charge in [0.25, 0.3) is 0 Å². The number of nitrogen functional groups attached to an aromatic ring is 1. The Bertz CT molecular complexity index is 724. The minimum atomic E-state index is 0.228. The van der Waals surface area contributed by atoms with Crippen molar-refractivity contribution in [1.29, 1.82) is 0 Å². The molecule has 122 valence electrons. The van der Waals surface area contributed by atoms with Gasteiger partial charge in [0.15, 0.2) is 11.5 Å². The molecule has 0 bridgehead atoms. The Balaban J connectivity index is 1.53. The molecular weight excluding hydrogens is 294 g/mol. The number of imidazole rings is 1. The van der Waals surface area contributed by atoms with Gasteiger partial charge in [0.1, 0.15) is 5.52 Å². The number of rotatable bonds is 2. The lowest BCUT2D eigenvalue weighted by Crippen LogP contribution is -2.41. The molecule has 0 radical (unpaired) electrons. The third-order valence-corrected chi connectivity index (χ3v) is 4.85. The Labute approximate surface area is 134 Å². The number of carbonyl (C=O) groups is 1. The van der Waals surface area contributed by atoms with Gasteiger partial charge in [-0.05, 0) is 19.3 Å². The maximum atomic E-state index is 12.4. The second-order valence-electron chi connectivity index (χ2n) is 6.30. The number of nitrogens with one attached hydrogen (secondary N) is 1. The van der Waals surface area contributed by atoms with E-state index in [1.165, 1.54) is 6.42 Å². The first kappa shape index (κ1) is 14.2. The van der Waals surface area contributed by atoms with Crippen LogP contribution < -0.4 is 10.6 Å². The summed E-state index contributed by atoms with van der Waals surface area (Å²) >= 11 is 0. The third-order valence-electron chi connectivity index (χ3n) is 4.85. The molecule has 0 unspecified atom stereocenters. The summed E-state index contributed by atoms with van der Waals surface area (Å²) in [6, 6.07) is 0. The Hall–Kier alpha value is -2.38. The number of amides is 1. The zero-order valence-electron chi connectivity index (χ0n) is 13.0. The monoisotopic (exact) mass is 315 g/mol. The normalized spacial score (nSPS) is 19.7. The average molecular weight is 315 g/mol. The first-order valence-electron chi connectivity index (χ1n) is 8.23. The Morgan fingerprint density at radius 2 is 2.04 bits per heavy atom. The third kappa shape index (κ3) is 2.58. The number of hydrogen-bond donors (Lipinski definition) is 2. The molecule has 2 aromatic heterocycles. The van der Waals surface area contributed by atoms with Crippen molar-refractivity contribution in [2.75, 3.05) is 36.8 Å². The van der Waals surface area contributed by atoms with Gasteiger partial charge >= 0.3 is 0 Å². The first-order valence-corrected chi connectivity index (χ1v) is 8.23. The van der Waals surface area contributed by atoms with Crippen LogP contribution in [0.1, 0.15) is 25.7 Å². The first-order chi connectivity index (χ1) is 11.2. The molecule has 23 heavy (non-hydrogen) atoms. The summed E-state index contributed by atoms with van der Waals surface area (Å²) in [4.78, 5) is 32.4. The molecule has 0 atom stereocenters.